The molecule has 6 nitrogen and oxygen atoms in total. The van der Waals surface area contributed by atoms with Crippen LogP contribution in [-0.2, 0) is 13.1 Å². The van der Waals surface area contributed by atoms with Gasteiger partial charge in [-0.2, -0.15) is 5.10 Å². The summed E-state index contributed by atoms with van der Waals surface area (Å²) in [5.41, 5.74) is 4.02. The van der Waals surface area contributed by atoms with Gasteiger partial charge in [-0.25, -0.2) is 0 Å². The van der Waals surface area contributed by atoms with Crippen LogP contribution in [0, 0.1) is 20.8 Å². The summed E-state index contributed by atoms with van der Waals surface area (Å²) in [5, 5.41) is 11.3. The third-order valence-corrected chi connectivity index (χ3v) is 4.45. The van der Waals surface area contributed by atoms with Crippen LogP contribution < -0.4 is 5.32 Å². The zero-order chi connectivity index (χ0) is 18.0. The van der Waals surface area contributed by atoms with E-state index in [1.54, 1.807) is 6.92 Å². The predicted molar refractivity (Wildman–Crippen MR) is 97.4 cm³/mol. The van der Waals surface area contributed by atoms with Crippen LogP contribution in [0.2, 0.25) is 0 Å². The van der Waals surface area contributed by atoms with Gasteiger partial charge in [-0.3, -0.25) is 9.48 Å². The maximum atomic E-state index is 12.5. The molecule has 3 rings (SSSR count). The quantitative estimate of drug-likeness (QED) is 0.708. The number of hydrogen-bond donors (Lipinski definition) is 1. The van der Waals surface area contributed by atoms with E-state index in [1.165, 1.54) is 0 Å². The van der Waals surface area contributed by atoms with Crippen LogP contribution in [0.5, 0.6) is 0 Å². The molecule has 0 bridgehead atoms. The number of halogens is 1. The Morgan fingerprint density at radius 1 is 1.28 bits per heavy atom. The van der Waals surface area contributed by atoms with Crippen molar-refractivity contribution in [2.24, 2.45) is 0 Å². The first-order chi connectivity index (χ1) is 11.9. The molecule has 0 radical (unpaired) electrons. The number of aromatic nitrogens is 3. The highest BCUT2D eigenvalue weighted by Crippen LogP contribution is 2.17. The average Bonchev–Trinajstić information content (AvgIpc) is 3.08. The predicted octanol–water partition coefficient (Wildman–Crippen LogP) is 3.54. The molecule has 3 aromatic rings. The number of carbonyl (C=O) groups is 1. The van der Waals surface area contributed by atoms with Gasteiger partial charge in [-0.1, -0.05) is 33.2 Å². The van der Waals surface area contributed by atoms with Crippen molar-refractivity contribution >= 4 is 21.8 Å². The highest BCUT2D eigenvalue weighted by Gasteiger charge is 2.20. The summed E-state index contributed by atoms with van der Waals surface area (Å²) in [7, 11) is 0. The summed E-state index contributed by atoms with van der Waals surface area (Å²) in [6, 6.07) is 9.79. The van der Waals surface area contributed by atoms with E-state index in [0.29, 0.717) is 24.5 Å². The Kier molecular flexibility index (Phi) is 5.03. The van der Waals surface area contributed by atoms with E-state index >= 15 is 0 Å². The summed E-state index contributed by atoms with van der Waals surface area (Å²) < 4.78 is 8.07. The number of amides is 1. The molecule has 2 aromatic heterocycles. The van der Waals surface area contributed by atoms with Gasteiger partial charge < -0.3 is 9.84 Å². The summed E-state index contributed by atoms with van der Waals surface area (Å²) in [4.78, 5) is 12.5. The standard InChI is InChI=1S/C18H19BrN4O2/c1-11-7-12(2)23(21-11)10-16-13(3)25-22-17(16)18(24)20-9-14-5-4-6-15(19)8-14/h4-8H,9-10H2,1-3H3,(H,20,24). The first kappa shape index (κ1) is 17.4. The van der Waals surface area contributed by atoms with Crippen LogP contribution in [0.15, 0.2) is 39.3 Å². The SMILES string of the molecule is Cc1cc(C)n(Cc2c(C(=O)NCc3cccc(Br)c3)noc2C)n1. The summed E-state index contributed by atoms with van der Waals surface area (Å²) >= 11 is 3.43. The van der Waals surface area contributed by atoms with Crippen molar-refractivity contribution in [2.45, 2.75) is 33.9 Å². The molecule has 0 spiro atoms. The number of benzene rings is 1. The Morgan fingerprint density at radius 2 is 2.08 bits per heavy atom. The van der Waals surface area contributed by atoms with Gasteiger partial charge in [0.05, 0.1) is 12.2 Å². The number of carbonyl (C=O) groups excluding carboxylic acids is 1. The Labute approximate surface area is 154 Å². The lowest BCUT2D eigenvalue weighted by Gasteiger charge is -2.07. The largest absolute Gasteiger partial charge is 0.361 e. The zero-order valence-electron chi connectivity index (χ0n) is 14.3. The Balaban J connectivity index is 1.76. The molecule has 0 saturated carbocycles. The normalized spacial score (nSPS) is 10.9. The van der Waals surface area contributed by atoms with E-state index in [2.05, 4.69) is 31.5 Å². The lowest BCUT2D eigenvalue weighted by Crippen LogP contribution is -2.24. The van der Waals surface area contributed by atoms with Crippen LogP contribution in [0.25, 0.3) is 0 Å². The lowest BCUT2D eigenvalue weighted by atomic mass is 10.1. The Morgan fingerprint density at radius 3 is 2.76 bits per heavy atom. The van der Waals surface area contributed by atoms with Crippen molar-refractivity contribution in [1.29, 1.82) is 0 Å². The van der Waals surface area contributed by atoms with Crippen LogP contribution >= 0.6 is 15.9 Å². The fourth-order valence-corrected chi connectivity index (χ4v) is 3.10. The Bertz CT molecular complexity index is 914. The molecule has 130 valence electrons. The minimum absolute atomic E-state index is 0.256. The highest BCUT2D eigenvalue weighted by atomic mass is 79.9. The van der Waals surface area contributed by atoms with Gasteiger partial charge in [0.25, 0.3) is 5.91 Å². The van der Waals surface area contributed by atoms with Crippen LogP contribution in [0.3, 0.4) is 0 Å². The molecule has 0 aliphatic rings. The minimum Gasteiger partial charge on any atom is -0.361 e. The fraction of sp³-hybridized carbons (Fsp3) is 0.278. The first-order valence-corrected chi connectivity index (χ1v) is 8.72. The third-order valence-electron chi connectivity index (χ3n) is 3.95. The van der Waals surface area contributed by atoms with Crippen LogP contribution in [0.1, 0.15) is 38.8 Å². The van der Waals surface area contributed by atoms with Crippen molar-refractivity contribution in [3.05, 3.63) is 68.8 Å². The third kappa shape index (κ3) is 3.99. The molecule has 0 saturated heterocycles. The van der Waals surface area contributed by atoms with Crippen LogP contribution in [-0.4, -0.2) is 20.8 Å². The molecule has 1 amide bonds. The molecule has 2 heterocycles. The molecule has 0 atom stereocenters. The van der Waals surface area contributed by atoms with Crippen LogP contribution in [0.4, 0.5) is 0 Å². The van der Waals surface area contributed by atoms with Crippen molar-refractivity contribution in [3.63, 3.8) is 0 Å². The molecular formula is C18H19BrN4O2. The van der Waals surface area contributed by atoms with Gasteiger partial charge in [0.2, 0.25) is 0 Å². The van der Waals surface area contributed by atoms with Gasteiger partial charge in [-0.15, -0.1) is 0 Å². The second kappa shape index (κ2) is 7.23. The van der Waals surface area contributed by atoms with Crippen molar-refractivity contribution in [2.75, 3.05) is 0 Å². The van der Waals surface area contributed by atoms with E-state index in [-0.39, 0.29) is 5.91 Å². The van der Waals surface area contributed by atoms with E-state index in [0.717, 1.165) is 27.0 Å². The molecule has 7 heteroatoms. The molecular weight excluding hydrogens is 384 g/mol. The second-order valence-electron chi connectivity index (χ2n) is 5.96. The van der Waals surface area contributed by atoms with Gasteiger partial charge in [-0.05, 0) is 44.5 Å². The number of hydrogen-bond acceptors (Lipinski definition) is 4. The van der Waals surface area contributed by atoms with Gasteiger partial charge in [0.1, 0.15) is 5.76 Å². The Hall–Kier alpha value is -2.41. The molecule has 25 heavy (non-hydrogen) atoms. The minimum atomic E-state index is -0.256. The maximum Gasteiger partial charge on any atom is 0.274 e. The molecule has 1 aromatic carbocycles. The van der Waals surface area contributed by atoms with E-state index in [4.69, 9.17) is 4.52 Å². The summed E-state index contributed by atoms with van der Waals surface area (Å²) in [6.45, 7) is 6.60. The second-order valence-corrected chi connectivity index (χ2v) is 6.88. The lowest BCUT2D eigenvalue weighted by molar-refractivity contribution is 0.0941. The highest BCUT2D eigenvalue weighted by molar-refractivity contribution is 9.10. The molecule has 1 N–H and O–H groups in total. The average molecular weight is 403 g/mol. The number of nitrogens with one attached hydrogen (secondary N) is 1. The first-order valence-electron chi connectivity index (χ1n) is 7.93. The molecule has 0 fully saturated rings. The van der Waals surface area contributed by atoms with Crippen molar-refractivity contribution in [3.8, 4) is 0 Å². The summed E-state index contributed by atoms with van der Waals surface area (Å²) in [5.74, 6) is 0.369. The van der Waals surface area contributed by atoms with Gasteiger partial charge in [0.15, 0.2) is 5.69 Å². The fourth-order valence-electron chi connectivity index (χ4n) is 2.65. The monoisotopic (exact) mass is 402 g/mol. The molecule has 0 aliphatic carbocycles. The topological polar surface area (TPSA) is 73.0 Å². The van der Waals surface area contributed by atoms with Crippen molar-refractivity contribution in [1.82, 2.24) is 20.3 Å². The van der Waals surface area contributed by atoms with E-state index in [1.807, 2.05) is 48.9 Å². The smallest absolute Gasteiger partial charge is 0.274 e. The van der Waals surface area contributed by atoms with Gasteiger partial charge >= 0.3 is 0 Å². The number of aryl methyl sites for hydroxylation is 3. The number of nitrogens with zero attached hydrogens (tertiary/aromatic N) is 3. The van der Waals surface area contributed by atoms with Crippen molar-refractivity contribution < 1.29 is 9.32 Å². The van der Waals surface area contributed by atoms with E-state index in [9.17, 15) is 4.79 Å². The molecule has 0 aliphatic heterocycles. The van der Waals surface area contributed by atoms with E-state index < -0.39 is 0 Å². The van der Waals surface area contributed by atoms with Gasteiger partial charge in [0, 0.05) is 22.3 Å². The number of rotatable bonds is 5. The molecule has 0 unspecified atom stereocenters. The maximum absolute atomic E-state index is 12.5. The summed E-state index contributed by atoms with van der Waals surface area (Å²) in [6.07, 6.45) is 0. The zero-order valence-corrected chi connectivity index (χ0v) is 15.9.